The maximum atomic E-state index is 4.01. The lowest BCUT2D eigenvalue weighted by Gasteiger charge is -1.79. The summed E-state index contributed by atoms with van der Waals surface area (Å²) in [5.74, 6) is 3.80. The Bertz CT molecular complexity index is 79.8. The fourth-order valence-corrected chi connectivity index (χ4v) is 0.571. The second-order valence-electron chi connectivity index (χ2n) is 1.10. The van der Waals surface area contributed by atoms with Crippen LogP contribution in [0, 0.1) is 10.8 Å². The van der Waals surface area contributed by atoms with Crippen LogP contribution in [0.5, 0.6) is 0 Å². The molecule has 0 aliphatic heterocycles. The predicted octanol–water partition coefficient (Wildman–Crippen LogP) is 2.05. The summed E-state index contributed by atoms with van der Waals surface area (Å²) >= 11 is 7.00. The molecule has 0 rings (SSSR count). The molecule has 0 saturated heterocycles. The minimum Gasteiger partial charge on any atom is -0.179 e. The monoisotopic (exact) mass is 178 g/mol. The first-order valence-corrected chi connectivity index (χ1v) is 3.53. The van der Waals surface area contributed by atoms with Crippen molar-refractivity contribution in [3.63, 3.8) is 0 Å². The largest absolute Gasteiger partial charge is 0.179 e. The van der Waals surface area contributed by atoms with Crippen molar-refractivity contribution in [1.82, 2.24) is 0 Å². The molecule has 2 heteroatoms. The Morgan fingerprint density at radius 2 is 2.29 bits per heavy atom. The quantitative estimate of drug-likeness (QED) is 0.374. The van der Waals surface area contributed by atoms with Gasteiger partial charge in [-0.3, -0.25) is 0 Å². The van der Waals surface area contributed by atoms with Crippen LogP contribution in [0.15, 0.2) is 0 Å². The summed E-state index contributed by atoms with van der Waals surface area (Å²) in [6, 6.07) is 0. The fraction of sp³-hybridized carbons (Fsp3) is 0.600. The molecule has 0 aromatic rings. The number of hydrogen-bond donors (Lipinski definition) is 1. The Hall–Kier alpha value is 0.390. The molecule has 0 atom stereocenters. The maximum absolute atomic E-state index is 4.01. The first-order chi connectivity index (χ1) is 3.41. The van der Waals surface area contributed by atoms with Gasteiger partial charge >= 0.3 is 0 Å². The molecule has 40 valence electrons. The summed E-state index contributed by atoms with van der Waals surface area (Å²) in [5, 5.41) is 0. The summed E-state index contributed by atoms with van der Waals surface area (Å²) in [7, 11) is 0. The highest BCUT2D eigenvalue weighted by Gasteiger charge is 1.73. The minimum atomic E-state index is 0.932. The van der Waals surface area contributed by atoms with Crippen LogP contribution >= 0.6 is 28.6 Å². The van der Waals surface area contributed by atoms with Gasteiger partial charge in [-0.1, -0.05) is 5.92 Å². The second kappa shape index (κ2) is 6.39. The molecule has 0 saturated carbocycles. The lowest BCUT2D eigenvalue weighted by molar-refractivity contribution is 1.00. The van der Waals surface area contributed by atoms with Crippen molar-refractivity contribution in [2.24, 2.45) is 0 Å². The highest BCUT2D eigenvalue weighted by Crippen LogP contribution is 1.88. The minimum absolute atomic E-state index is 0.932. The van der Waals surface area contributed by atoms with Gasteiger partial charge in [0.15, 0.2) is 0 Å². The van der Waals surface area contributed by atoms with Crippen molar-refractivity contribution in [1.29, 1.82) is 0 Å². The van der Waals surface area contributed by atoms with E-state index in [2.05, 4.69) is 39.3 Å². The van der Waals surface area contributed by atoms with Gasteiger partial charge in [-0.15, -0.1) is 0 Å². The van der Waals surface area contributed by atoms with Crippen LogP contribution < -0.4 is 0 Å². The van der Waals surface area contributed by atoms with E-state index >= 15 is 0 Å². The molecule has 0 radical (unpaired) electrons. The van der Waals surface area contributed by atoms with E-state index in [-0.39, 0.29) is 0 Å². The third kappa shape index (κ3) is 6.39. The standard InChI is InChI=1S/C5H7BrS/c6-4-2-1-3-5-7/h7H,1,3,5H2. The number of rotatable bonds is 2. The maximum Gasteiger partial charge on any atom is 0.0106 e. The molecular formula is C5H7BrS. The van der Waals surface area contributed by atoms with Crippen LogP contribution in [0.1, 0.15) is 12.8 Å². The average molecular weight is 179 g/mol. The topological polar surface area (TPSA) is 0 Å². The van der Waals surface area contributed by atoms with E-state index in [9.17, 15) is 0 Å². The molecule has 0 spiro atoms. The van der Waals surface area contributed by atoms with Gasteiger partial charge in [-0.05, 0) is 17.0 Å². The third-order valence-electron chi connectivity index (χ3n) is 0.527. The van der Waals surface area contributed by atoms with Crippen LogP contribution in [0.3, 0.4) is 0 Å². The molecule has 0 unspecified atom stereocenters. The van der Waals surface area contributed by atoms with Gasteiger partial charge in [-0.25, -0.2) is 0 Å². The van der Waals surface area contributed by atoms with Gasteiger partial charge in [-0.2, -0.15) is 12.6 Å². The molecule has 0 amide bonds. The van der Waals surface area contributed by atoms with Crippen molar-refractivity contribution >= 4 is 28.6 Å². The van der Waals surface area contributed by atoms with Gasteiger partial charge in [0.2, 0.25) is 0 Å². The molecule has 0 N–H and O–H groups in total. The van der Waals surface area contributed by atoms with E-state index < -0.39 is 0 Å². The summed E-state index contributed by atoms with van der Waals surface area (Å²) in [4.78, 5) is 2.63. The number of thiol groups is 1. The van der Waals surface area contributed by atoms with Crippen molar-refractivity contribution in [3.05, 3.63) is 0 Å². The van der Waals surface area contributed by atoms with E-state index in [4.69, 9.17) is 0 Å². The molecular weight excluding hydrogens is 172 g/mol. The van der Waals surface area contributed by atoms with Gasteiger partial charge in [0.25, 0.3) is 0 Å². The van der Waals surface area contributed by atoms with E-state index in [1.54, 1.807) is 0 Å². The van der Waals surface area contributed by atoms with Gasteiger partial charge in [0, 0.05) is 22.4 Å². The average Bonchev–Trinajstić information content (AvgIpc) is 1.69. The summed E-state index contributed by atoms with van der Waals surface area (Å²) in [6.45, 7) is 0. The molecule has 7 heavy (non-hydrogen) atoms. The molecule has 0 aliphatic carbocycles. The summed E-state index contributed by atoms with van der Waals surface area (Å²) in [6.07, 6.45) is 2.04. The van der Waals surface area contributed by atoms with E-state index in [1.165, 1.54) is 0 Å². The zero-order valence-corrected chi connectivity index (χ0v) is 6.43. The van der Waals surface area contributed by atoms with Crippen LogP contribution in [-0.2, 0) is 0 Å². The first-order valence-electron chi connectivity index (χ1n) is 2.11. The highest BCUT2D eigenvalue weighted by molar-refractivity contribution is 9.12. The molecule has 0 aromatic carbocycles. The predicted molar refractivity (Wildman–Crippen MR) is 39.8 cm³/mol. The first kappa shape index (κ1) is 7.39. The molecule has 0 fully saturated rings. The fourth-order valence-electron chi connectivity index (χ4n) is 0.215. The summed E-state index contributed by atoms with van der Waals surface area (Å²) < 4.78 is 0. The Kier molecular flexibility index (Phi) is 6.75. The third-order valence-corrected chi connectivity index (χ3v) is 1.12. The van der Waals surface area contributed by atoms with Gasteiger partial charge in [0.05, 0.1) is 0 Å². The second-order valence-corrected chi connectivity index (χ2v) is 1.94. The normalized spacial score (nSPS) is 7.14. The zero-order valence-electron chi connectivity index (χ0n) is 3.95. The van der Waals surface area contributed by atoms with Crippen LogP contribution in [0.4, 0.5) is 0 Å². The SMILES string of the molecule is SCCCC#CBr. The Labute approximate surface area is 58.2 Å². The molecule has 0 nitrogen and oxygen atoms in total. The number of hydrogen-bond acceptors (Lipinski definition) is 1. The summed E-state index contributed by atoms with van der Waals surface area (Å²) in [5.41, 5.74) is 0. The molecule has 0 aromatic heterocycles. The van der Waals surface area contributed by atoms with Gasteiger partial charge in [0.1, 0.15) is 0 Å². The lowest BCUT2D eigenvalue weighted by Crippen LogP contribution is -1.69. The molecule has 0 heterocycles. The smallest absolute Gasteiger partial charge is 0.0106 e. The number of halogens is 1. The number of unbranched alkanes of at least 4 members (excludes halogenated alkanes) is 1. The molecule has 0 bridgehead atoms. The Balaban J connectivity index is 2.78. The van der Waals surface area contributed by atoms with Gasteiger partial charge < -0.3 is 0 Å². The molecule has 0 aliphatic rings. The highest BCUT2D eigenvalue weighted by atomic mass is 79.9. The van der Waals surface area contributed by atoms with Crippen LogP contribution in [0.2, 0.25) is 0 Å². The van der Waals surface area contributed by atoms with Crippen LogP contribution in [0.25, 0.3) is 0 Å². The van der Waals surface area contributed by atoms with Crippen molar-refractivity contribution < 1.29 is 0 Å². The van der Waals surface area contributed by atoms with E-state index in [0.717, 1.165) is 18.6 Å². The van der Waals surface area contributed by atoms with Crippen molar-refractivity contribution in [3.8, 4) is 10.8 Å². The van der Waals surface area contributed by atoms with E-state index in [0.29, 0.717) is 0 Å². The van der Waals surface area contributed by atoms with Crippen LogP contribution in [-0.4, -0.2) is 5.75 Å². The van der Waals surface area contributed by atoms with E-state index in [1.807, 2.05) is 0 Å². The van der Waals surface area contributed by atoms with Crippen molar-refractivity contribution in [2.45, 2.75) is 12.8 Å². The zero-order chi connectivity index (χ0) is 5.54. The Morgan fingerprint density at radius 3 is 2.71 bits per heavy atom. The lowest BCUT2D eigenvalue weighted by atomic mass is 10.4. The Morgan fingerprint density at radius 1 is 1.57 bits per heavy atom. The van der Waals surface area contributed by atoms with Crippen molar-refractivity contribution in [2.75, 3.05) is 5.75 Å².